The van der Waals surface area contributed by atoms with E-state index in [1.807, 2.05) is 13.0 Å². The maximum atomic E-state index is 13.8. The van der Waals surface area contributed by atoms with E-state index in [1.165, 1.54) is 32.1 Å². The molecule has 1 fully saturated rings. The molecule has 0 atom stereocenters. The Hall–Kier alpha value is -1.05. The zero-order valence-electron chi connectivity index (χ0n) is 11.4. The normalized spacial score (nSPS) is 23.9. The van der Waals surface area contributed by atoms with Crippen molar-refractivity contribution >= 4 is 0 Å². The number of hydrogen-bond acceptors (Lipinski definition) is 1. The first-order chi connectivity index (χ1) is 8.74. The summed E-state index contributed by atoms with van der Waals surface area (Å²) in [5, 5.41) is 0. The summed E-state index contributed by atoms with van der Waals surface area (Å²) in [6.45, 7) is 4.65. The number of halogens is 1. The topological polar surface area (TPSA) is 9.23 Å². The average Bonchev–Trinajstić information content (AvgIpc) is 2.41. The first-order valence-corrected chi connectivity index (χ1v) is 7.16. The van der Waals surface area contributed by atoms with Crippen LogP contribution >= 0.6 is 0 Å². The lowest BCUT2D eigenvalue weighted by Gasteiger charge is -2.28. The Labute approximate surface area is 109 Å². The van der Waals surface area contributed by atoms with Gasteiger partial charge in [0.1, 0.15) is 0 Å². The highest BCUT2D eigenvalue weighted by Crippen LogP contribution is 2.37. The molecule has 1 nitrogen and oxygen atoms in total. The van der Waals surface area contributed by atoms with Crippen molar-refractivity contribution in [3.8, 4) is 5.75 Å². The highest BCUT2D eigenvalue weighted by atomic mass is 19.1. The van der Waals surface area contributed by atoms with E-state index in [-0.39, 0.29) is 5.82 Å². The van der Waals surface area contributed by atoms with Gasteiger partial charge >= 0.3 is 0 Å². The summed E-state index contributed by atoms with van der Waals surface area (Å²) in [5.74, 6) is 1.59. The lowest BCUT2D eigenvalue weighted by atomic mass is 9.78. The van der Waals surface area contributed by atoms with Crippen LogP contribution in [0.2, 0.25) is 0 Å². The molecule has 0 unspecified atom stereocenters. The summed E-state index contributed by atoms with van der Waals surface area (Å²) >= 11 is 0. The summed E-state index contributed by atoms with van der Waals surface area (Å²) in [6.07, 6.45) is 6.26. The third kappa shape index (κ3) is 3.04. The predicted octanol–water partition coefficient (Wildman–Crippen LogP) is 4.91. The Balaban J connectivity index is 2.03. The molecule has 0 radical (unpaired) electrons. The zero-order valence-corrected chi connectivity index (χ0v) is 11.4. The quantitative estimate of drug-likeness (QED) is 0.738. The molecule has 0 N–H and O–H groups in total. The van der Waals surface area contributed by atoms with Crippen LogP contribution < -0.4 is 4.74 Å². The molecule has 18 heavy (non-hydrogen) atoms. The summed E-state index contributed by atoms with van der Waals surface area (Å²) in [7, 11) is 0. The highest BCUT2D eigenvalue weighted by Gasteiger charge is 2.22. The average molecular weight is 250 g/mol. The van der Waals surface area contributed by atoms with Gasteiger partial charge in [-0.1, -0.05) is 19.4 Å². The van der Waals surface area contributed by atoms with Gasteiger partial charge in [0.05, 0.1) is 6.61 Å². The van der Waals surface area contributed by atoms with Crippen LogP contribution in [-0.4, -0.2) is 6.61 Å². The van der Waals surface area contributed by atoms with E-state index in [2.05, 4.69) is 6.92 Å². The molecular formula is C16H23FO. The van der Waals surface area contributed by atoms with Crippen molar-refractivity contribution in [2.24, 2.45) is 5.92 Å². The van der Waals surface area contributed by atoms with Gasteiger partial charge in [-0.05, 0) is 62.1 Å². The second-order valence-electron chi connectivity index (χ2n) is 5.25. The molecule has 1 saturated carbocycles. The molecule has 1 aliphatic carbocycles. The van der Waals surface area contributed by atoms with Crippen LogP contribution in [0.15, 0.2) is 18.2 Å². The largest absolute Gasteiger partial charge is 0.491 e. The minimum absolute atomic E-state index is 0.216. The van der Waals surface area contributed by atoms with E-state index < -0.39 is 0 Å². The fourth-order valence-electron chi connectivity index (χ4n) is 2.95. The van der Waals surface area contributed by atoms with Crippen molar-refractivity contribution in [2.75, 3.05) is 6.61 Å². The first kappa shape index (κ1) is 13.4. The first-order valence-electron chi connectivity index (χ1n) is 7.16. The van der Waals surface area contributed by atoms with E-state index in [0.29, 0.717) is 18.3 Å². The van der Waals surface area contributed by atoms with E-state index in [9.17, 15) is 4.39 Å². The minimum Gasteiger partial charge on any atom is -0.491 e. The molecule has 0 saturated heterocycles. The van der Waals surface area contributed by atoms with Gasteiger partial charge in [0.25, 0.3) is 0 Å². The summed E-state index contributed by atoms with van der Waals surface area (Å²) in [5.41, 5.74) is 1.14. The third-order valence-electron chi connectivity index (χ3n) is 4.15. The highest BCUT2D eigenvalue weighted by molar-refractivity contribution is 5.31. The summed E-state index contributed by atoms with van der Waals surface area (Å²) < 4.78 is 19.0. The van der Waals surface area contributed by atoms with Gasteiger partial charge in [-0.25, -0.2) is 4.39 Å². The maximum absolute atomic E-state index is 13.8. The molecule has 0 heterocycles. The number of rotatable bonds is 4. The Morgan fingerprint density at radius 2 is 1.89 bits per heavy atom. The fraction of sp³-hybridized carbons (Fsp3) is 0.625. The van der Waals surface area contributed by atoms with Crippen LogP contribution in [0.3, 0.4) is 0 Å². The van der Waals surface area contributed by atoms with Crippen molar-refractivity contribution < 1.29 is 9.13 Å². The van der Waals surface area contributed by atoms with E-state index in [1.54, 1.807) is 12.1 Å². The van der Waals surface area contributed by atoms with E-state index >= 15 is 0 Å². The monoisotopic (exact) mass is 250 g/mol. The molecular weight excluding hydrogens is 227 g/mol. The molecule has 0 amide bonds. The molecule has 1 aromatic carbocycles. The van der Waals surface area contributed by atoms with Gasteiger partial charge in [-0.3, -0.25) is 0 Å². The number of ether oxygens (including phenoxy) is 1. The molecule has 2 heteroatoms. The fourth-order valence-corrected chi connectivity index (χ4v) is 2.95. The van der Waals surface area contributed by atoms with Crippen molar-refractivity contribution in [2.45, 2.75) is 51.9 Å². The Morgan fingerprint density at radius 3 is 2.44 bits per heavy atom. The van der Waals surface area contributed by atoms with Gasteiger partial charge < -0.3 is 4.74 Å². The Kier molecular flexibility index (Phi) is 4.62. The van der Waals surface area contributed by atoms with Gasteiger partial charge in [0.15, 0.2) is 11.6 Å². The summed E-state index contributed by atoms with van der Waals surface area (Å²) in [4.78, 5) is 0. The second-order valence-corrected chi connectivity index (χ2v) is 5.25. The number of hydrogen-bond donors (Lipinski definition) is 0. The van der Waals surface area contributed by atoms with Crippen LogP contribution in [0, 0.1) is 11.7 Å². The lowest BCUT2D eigenvalue weighted by Crippen LogP contribution is -2.12. The summed E-state index contributed by atoms with van der Waals surface area (Å²) in [6, 6.07) is 5.48. The maximum Gasteiger partial charge on any atom is 0.165 e. The van der Waals surface area contributed by atoms with Crippen molar-refractivity contribution in [3.63, 3.8) is 0 Å². The standard InChI is InChI=1S/C16H23FO/c1-3-12-5-7-13(8-6-12)14-9-10-16(18-4-2)15(17)11-14/h9-13H,3-8H2,1-2H3/t12-,13-. The second kappa shape index (κ2) is 6.21. The smallest absolute Gasteiger partial charge is 0.165 e. The van der Waals surface area contributed by atoms with Crippen molar-refractivity contribution in [1.82, 2.24) is 0 Å². The van der Waals surface area contributed by atoms with Gasteiger partial charge in [-0.15, -0.1) is 0 Å². The van der Waals surface area contributed by atoms with Crippen LogP contribution in [-0.2, 0) is 0 Å². The van der Waals surface area contributed by atoms with Gasteiger partial charge in [-0.2, -0.15) is 0 Å². The van der Waals surface area contributed by atoms with Crippen molar-refractivity contribution in [3.05, 3.63) is 29.6 Å². The predicted molar refractivity (Wildman–Crippen MR) is 72.6 cm³/mol. The number of benzene rings is 1. The van der Waals surface area contributed by atoms with Crippen LogP contribution in [0.5, 0.6) is 5.75 Å². The SMILES string of the molecule is CCOc1ccc([C@H]2CC[C@H](CC)CC2)cc1F. The molecule has 0 bridgehead atoms. The molecule has 0 aliphatic heterocycles. The van der Waals surface area contributed by atoms with Gasteiger partial charge in [0.2, 0.25) is 0 Å². The zero-order chi connectivity index (χ0) is 13.0. The molecule has 1 aliphatic rings. The van der Waals surface area contributed by atoms with Gasteiger partial charge in [0, 0.05) is 0 Å². The Morgan fingerprint density at radius 1 is 1.17 bits per heavy atom. The molecule has 1 aromatic rings. The Bertz CT molecular complexity index is 381. The molecule has 0 aromatic heterocycles. The molecule has 100 valence electrons. The van der Waals surface area contributed by atoms with Crippen LogP contribution in [0.4, 0.5) is 4.39 Å². The lowest BCUT2D eigenvalue weighted by molar-refractivity contribution is 0.313. The van der Waals surface area contributed by atoms with Crippen LogP contribution in [0.1, 0.15) is 57.4 Å². The van der Waals surface area contributed by atoms with E-state index in [4.69, 9.17) is 4.74 Å². The van der Waals surface area contributed by atoms with E-state index in [0.717, 1.165) is 11.5 Å². The minimum atomic E-state index is -0.216. The molecule has 0 spiro atoms. The molecule has 2 rings (SSSR count). The van der Waals surface area contributed by atoms with Crippen LogP contribution in [0.25, 0.3) is 0 Å². The van der Waals surface area contributed by atoms with Crippen molar-refractivity contribution in [1.29, 1.82) is 0 Å². The third-order valence-corrected chi connectivity index (χ3v) is 4.15.